The van der Waals surface area contributed by atoms with Gasteiger partial charge in [0.05, 0.1) is 0 Å². The molecule has 104 valence electrons. The lowest BCUT2D eigenvalue weighted by atomic mass is 9.86. The minimum absolute atomic E-state index is 0.456. The molecule has 19 heavy (non-hydrogen) atoms. The van der Waals surface area contributed by atoms with Crippen LogP contribution in [-0.2, 0) is 21.3 Å². The van der Waals surface area contributed by atoms with Crippen LogP contribution in [0, 0.1) is 0 Å². The highest BCUT2D eigenvalue weighted by Gasteiger charge is 2.52. The molecule has 0 N–H and O–H groups in total. The maximum Gasteiger partial charge on any atom is 0.224 e. The fraction of sp³-hybridized carbons (Fsp3) is 0.615. The molecule has 1 fully saturated rings. The Morgan fingerprint density at radius 2 is 1.95 bits per heavy atom. The second-order valence-electron chi connectivity index (χ2n) is 5.59. The second-order valence-corrected chi connectivity index (χ2v) is 7.95. The first-order valence-corrected chi connectivity index (χ1v) is 7.99. The molecule has 0 bridgehead atoms. The van der Waals surface area contributed by atoms with E-state index in [1.54, 1.807) is 19.4 Å². The monoisotopic (exact) mass is 281 g/mol. The molecule has 5 nitrogen and oxygen atoms in total. The van der Waals surface area contributed by atoms with Crippen LogP contribution in [0.1, 0.15) is 24.0 Å². The minimum Gasteiger partial charge on any atom is -0.306 e. The highest BCUT2D eigenvalue weighted by Crippen LogP contribution is 2.46. The van der Waals surface area contributed by atoms with E-state index >= 15 is 0 Å². The van der Waals surface area contributed by atoms with Crippen molar-refractivity contribution in [2.75, 3.05) is 27.2 Å². The quantitative estimate of drug-likeness (QED) is 0.705. The number of piperidine rings is 1. The first-order valence-electron chi connectivity index (χ1n) is 6.55. The van der Waals surface area contributed by atoms with Gasteiger partial charge in [-0.1, -0.05) is 0 Å². The zero-order valence-corrected chi connectivity index (χ0v) is 12.2. The maximum absolute atomic E-state index is 12.8. The van der Waals surface area contributed by atoms with Crippen molar-refractivity contribution >= 4 is 10.0 Å². The molecule has 0 aromatic carbocycles. The molecule has 1 aromatic heterocycles. The van der Waals surface area contributed by atoms with Gasteiger partial charge < -0.3 is 4.90 Å². The van der Waals surface area contributed by atoms with E-state index in [1.807, 2.05) is 13.1 Å². The molecule has 0 aliphatic carbocycles. The molecule has 0 atom stereocenters. The second kappa shape index (κ2) is 4.26. The first-order chi connectivity index (χ1) is 8.97. The van der Waals surface area contributed by atoms with Crippen molar-refractivity contribution in [3.63, 3.8) is 0 Å². The molecule has 0 amide bonds. The summed E-state index contributed by atoms with van der Waals surface area (Å²) in [4.78, 5) is 6.35. The van der Waals surface area contributed by atoms with E-state index in [0.29, 0.717) is 19.4 Å². The molecule has 2 aliphatic rings. The summed E-state index contributed by atoms with van der Waals surface area (Å²) in [5, 5.41) is 0. The van der Waals surface area contributed by atoms with E-state index in [4.69, 9.17) is 0 Å². The molecule has 0 unspecified atom stereocenters. The van der Waals surface area contributed by atoms with E-state index in [9.17, 15) is 8.42 Å². The number of rotatable bonds is 0. The third kappa shape index (κ3) is 1.74. The van der Waals surface area contributed by atoms with Gasteiger partial charge >= 0.3 is 0 Å². The van der Waals surface area contributed by atoms with E-state index in [0.717, 1.165) is 24.2 Å². The topological polar surface area (TPSA) is 53.5 Å². The Morgan fingerprint density at radius 1 is 1.26 bits per heavy atom. The summed E-state index contributed by atoms with van der Waals surface area (Å²) in [6.07, 6.45) is 4.79. The zero-order chi connectivity index (χ0) is 13.7. The average Bonchev–Trinajstić information content (AvgIpc) is 2.39. The molecule has 6 heteroatoms. The standard InChI is InChI=1S/C13H19N3O2S/c1-15-7-4-13(5-8-15)12-9-14-6-3-11(12)10-16(2)19(13,17)18/h3,6,9H,4-5,7-8,10H2,1-2H3. The van der Waals surface area contributed by atoms with Gasteiger partial charge in [0.25, 0.3) is 0 Å². The lowest BCUT2D eigenvalue weighted by Gasteiger charge is -2.45. The van der Waals surface area contributed by atoms with Gasteiger partial charge in [0.1, 0.15) is 4.75 Å². The fourth-order valence-electron chi connectivity index (χ4n) is 3.24. The van der Waals surface area contributed by atoms with Crippen LogP contribution in [0.15, 0.2) is 18.5 Å². The number of fused-ring (bicyclic) bond motifs is 2. The summed E-state index contributed by atoms with van der Waals surface area (Å²) in [7, 11) is 0.422. The summed E-state index contributed by atoms with van der Waals surface area (Å²) in [5.41, 5.74) is 2.01. The van der Waals surface area contributed by atoms with Gasteiger partial charge in [0.2, 0.25) is 10.0 Å². The van der Waals surface area contributed by atoms with Crippen LogP contribution in [0.3, 0.4) is 0 Å². The Kier molecular flexibility index (Phi) is 2.92. The smallest absolute Gasteiger partial charge is 0.224 e. The van der Waals surface area contributed by atoms with Gasteiger partial charge in [-0.3, -0.25) is 4.98 Å². The number of likely N-dealkylation sites (tertiary alicyclic amines) is 1. The van der Waals surface area contributed by atoms with Gasteiger partial charge in [0, 0.05) is 26.0 Å². The largest absolute Gasteiger partial charge is 0.306 e. The van der Waals surface area contributed by atoms with E-state index in [2.05, 4.69) is 9.88 Å². The molecular weight excluding hydrogens is 262 g/mol. The van der Waals surface area contributed by atoms with Crippen LogP contribution >= 0.6 is 0 Å². The Labute approximate surface area is 114 Å². The third-order valence-electron chi connectivity index (χ3n) is 4.49. The van der Waals surface area contributed by atoms with Crippen molar-refractivity contribution in [1.29, 1.82) is 0 Å². The van der Waals surface area contributed by atoms with Crippen LogP contribution < -0.4 is 0 Å². The lowest BCUT2D eigenvalue weighted by Crippen LogP contribution is -2.53. The summed E-state index contributed by atoms with van der Waals surface area (Å²) in [6, 6.07) is 1.95. The van der Waals surface area contributed by atoms with Crippen molar-refractivity contribution in [2.45, 2.75) is 24.1 Å². The highest BCUT2D eigenvalue weighted by atomic mass is 32.2. The SMILES string of the molecule is CN1CCC2(CC1)c1cnccc1CN(C)S2(=O)=O. The number of pyridine rings is 1. The van der Waals surface area contributed by atoms with Crippen LogP contribution in [-0.4, -0.2) is 49.8 Å². The Balaban J connectivity index is 2.19. The molecule has 1 saturated heterocycles. The minimum atomic E-state index is -3.30. The van der Waals surface area contributed by atoms with Crippen molar-refractivity contribution < 1.29 is 8.42 Å². The van der Waals surface area contributed by atoms with Crippen molar-refractivity contribution in [2.24, 2.45) is 0 Å². The number of aromatic nitrogens is 1. The predicted molar refractivity (Wildman–Crippen MR) is 73.0 cm³/mol. The van der Waals surface area contributed by atoms with Crippen LogP contribution in [0.25, 0.3) is 0 Å². The number of hydrogen-bond acceptors (Lipinski definition) is 4. The lowest BCUT2D eigenvalue weighted by molar-refractivity contribution is 0.220. The molecule has 3 heterocycles. The van der Waals surface area contributed by atoms with Gasteiger partial charge in [-0.05, 0) is 50.2 Å². The molecule has 3 rings (SSSR count). The van der Waals surface area contributed by atoms with Crippen molar-refractivity contribution in [3.05, 3.63) is 29.6 Å². The Bertz CT molecular complexity index is 592. The number of nitrogens with zero attached hydrogens (tertiary/aromatic N) is 3. The van der Waals surface area contributed by atoms with Gasteiger partial charge in [-0.2, -0.15) is 4.31 Å². The molecule has 1 aromatic rings. The zero-order valence-electron chi connectivity index (χ0n) is 11.3. The van der Waals surface area contributed by atoms with E-state index in [-0.39, 0.29) is 0 Å². The average molecular weight is 281 g/mol. The van der Waals surface area contributed by atoms with Crippen molar-refractivity contribution in [3.8, 4) is 0 Å². The van der Waals surface area contributed by atoms with E-state index < -0.39 is 14.8 Å². The van der Waals surface area contributed by atoms with E-state index in [1.165, 1.54) is 4.31 Å². The molecule has 1 spiro atoms. The van der Waals surface area contributed by atoms with Gasteiger partial charge in [-0.25, -0.2) is 8.42 Å². The highest BCUT2D eigenvalue weighted by molar-refractivity contribution is 7.90. The van der Waals surface area contributed by atoms with Gasteiger partial charge in [0.15, 0.2) is 0 Å². The number of sulfonamides is 1. The maximum atomic E-state index is 12.8. The molecule has 0 saturated carbocycles. The molecule has 2 aliphatic heterocycles. The normalized spacial score (nSPS) is 26.2. The number of hydrogen-bond donors (Lipinski definition) is 0. The fourth-order valence-corrected chi connectivity index (χ4v) is 5.31. The van der Waals surface area contributed by atoms with Crippen molar-refractivity contribution in [1.82, 2.24) is 14.2 Å². The summed E-state index contributed by atoms with van der Waals surface area (Å²) < 4.78 is 26.4. The molecule has 0 radical (unpaired) electrons. The van der Waals surface area contributed by atoms with Crippen LogP contribution in [0.5, 0.6) is 0 Å². The summed E-state index contributed by atoms with van der Waals surface area (Å²) >= 11 is 0. The first kappa shape index (κ1) is 13.0. The summed E-state index contributed by atoms with van der Waals surface area (Å²) in [5.74, 6) is 0. The third-order valence-corrected chi connectivity index (χ3v) is 7.06. The Morgan fingerprint density at radius 3 is 2.63 bits per heavy atom. The van der Waals surface area contributed by atoms with Crippen LogP contribution in [0.4, 0.5) is 0 Å². The predicted octanol–water partition coefficient (Wildman–Crippen LogP) is 0.778. The van der Waals surface area contributed by atoms with Crippen LogP contribution in [0.2, 0.25) is 0 Å². The van der Waals surface area contributed by atoms with Gasteiger partial charge in [-0.15, -0.1) is 0 Å². The summed E-state index contributed by atoms with van der Waals surface area (Å²) in [6.45, 7) is 2.07. The Hall–Kier alpha value is -0.980. The molecular formula is C13H19N3O2S.